The first-order chi connectivity index (χ1) is 8.06. The van der Waals surface area contributed by atoms with Crippen LogP contribution in [0, 0.1) is 13.8 Å². The lowest BCUT2D eigenvalue weighted by Crippen LogP contribution is -2.28. The maximum absolute atomic E-state index is 11.6. The lowest BCUT2D eigenvalue weighted by atomic mass is 10.1. The highest BCUT2D eigenvalue weighted by Crippen LogP contribution is 2.27. The Balaban J connectivity index is 2.63. The van der Waals surface area contributed by atoms with Gasteiger partial charge in [0, 0.05) is 11.3 Å². The van der Waals surface area contributed by atoms with Crippen LogP contribution in [0.25, 0.3) is 0 Å². The van der Waals surface area contributed by atoms with E-state index < -0.39 is 0 Å². The summed E-state index contributed by atoms with van der Waals surface area (Å²) in [7, 11) is 0. The number of benzene rings is 1. The molecular formula is C13H20N2O2. The van der Waals surface area contributed by atoms with E-state index in [4.69, 9.17) is 0 Å². The molecule has 1 aromatic rings. The second-order valence-electron chi connectivity index (χ2n) is 4.13. The molecule has 94 valence electrons. The second kappa shape index (κ2) is 6.25. The molecule has 0 atom stereocenters. The number of anilines is 1. The van der Waals surface area contributed by atoms with E-state index in [1.54, 1.807) is 13.0 Å². The molecule has 0 heterocycles. The van der Waals surface area contributed by atoms with Crippen LogP contribution in [0.2, 0.25) is 0 Å². The first-order valence-electron chi connectivity index (χ1n) is 5.86. The zero-order valence-corrected chi connectivity index (χ0v) is 10.6. The van der Waals surface area contributed by atoms with E-state index >= 15 is 0 Å². The van der Waals surface area contributed by atoms with Gasteiger partial charge >= 0.3 is 0 Å². The van der Waals surface area contributed by atoms with Gasteiger partial charge in [0.1, 0.15) is 5.75 Å². The van der Waals surface area contributed by atoms with Crippen LogP contribution >= 0.6 is 0 Å². The van der Waals surface area contributed by atoms with E-state index in [1.165, 1.54) is 0 Å². The number of carbonyl (C=O) groups excluding carboxylic acids is 1. The van der Waals surface area contributed by atoms with Gasteiger partial charge in [0.15, 0.2) is 0 Å². The minimum Gasteiger partial charge on any atom is -0.507 e. The predicted molar refractivity (Wildman–Crippen MR) is 69.4 cm³/mol. The van der Waals surface area contributed by atoms with Crippen LogP contribution in [-0.2, 0) is 4.79 Å². The number of carbonyl (C=O) groups is 1. The molecule has 0 aromatic heterocycles. The summed E-state index contributed by atoms with van der Waals surface area (Å²) in [6.07, 6.45) is 0.998. The van der Waals surface area contributed by atoms with Crippen molar-refractivity contribution in [3.05, 3.63) is 23.3 Å². The smallest absolute Gasteiger partial charge is 0.238 e. The van der Waals surface area contributed by atoms with Crippen molar-refractivity contribution in [2.75, 3.05) is 18.4 Å². The summed E-state index contributed by atoms with van der Waals surface area (Å²) < 4.78 is 0. The maximum atomic E-state index is 11.6. The van der Waals surface area contributed by atoms with E-state index in [-0.39, 0.29) is 11.7 Å². The zero-order valence-electron chi connectivity index (χ0n) is 10.6. The molecule has 0 saturated heterocycles. The van der Waals surface area contributed by atoms with Crippen molar-refractivity contribution in [3.8, 4) is 5.75 Å². The van der Waals surface area contributed by atoms with Gasteiger partial charge < -0.3 is 15.7 Å². The van der Waals surface area contributed by atoms with Crippen molar-refractivity contribution in [3.63, 3.8) is 0 Å². The molecule has 0 fully saturated rings. The van der Waals surface area contributed by atoms with Gasteiger partial charge in [-0.25, -0.2) is 0 Å². The highest BCUT2D eigenvalue weighted by Gasteiger charge is 2.08. The van der Waals surface area contributed by atoms with Crippen molar-refractivity contribution in [1.82, 2.24) is 5.32 Å². The Morgan fingerprint density at radius 3 is 2.71 bits per heavy atom. The number of nitrogens with one attached hydrogen (secondary N) is 2. The van der Waals surface area contributed by atoms with Gasteiger partial charge in [0.25, 0.3) is 0 Å². The number of amides is 1. The molecule has 0 radical (unpaired) electrons. The molecule has 3 N–H and O–H groups in total. The molecule has 4 heteroatoms. The Morgan fingerprint density at radius 1 is 1.35 bits per heavy atom. The molecule has 0 aliphatic carbocycles. The van der Waals surface area contributed by atoms with E-state index in [1.807, 2.05) is 19.9 Å². The third kappa shape index (κ3) is 3.75. The third-order valence-electron chi connectivity index (χ3n) is 2.62. The minimum atomic E-state index is -0.0928. The molecule has 0 aliphatic heterocycles. The Labute approximate surface area is 102 Å². The van der Waals surface area contributed by atoms with Gasteiger partial charge in [-0.2, -0.15) is 0 Å². The fraction of sp³-hybridized carbons (Fsp3) is 0.462. The van der Waals surface area contributed by atoms with Crippen molar-refractivity contribution >= 4 is 11.6 Å². The summed E-state index contributed by atoms with van der Waals surface area (Å²) >= 11 is 0. The van der Waals surface area contributed by atoms with Gasteiger partial charge in [-0.3, -0.25) is 4.79 Å². The standard InChI is InChI=1S/C13H20N2O2/c1-4-7-14-8-12(16)15-11-6-5-9(2)13(17)10(11)3/h5-6,14,17H,4,7-8H2,1-3H3,(H,15,16). The minimum absolute atomic E-state index is 0.0928. The van der Waals surface area contributed by atoms with Crippen molar-refractivity contribution in [2.45, 2.75) is 27.2 Å². The summed E-state index contributed by atoms with van der Waals surface area (Å²) in [5.74, 6) is 0.147. The highest BCUT2D eigenvalue weighted by atomic mass is 16.3. The van der Waals surface area contributed by atoms with Gasteiger partial charge in [0.05, 0.1) is 6.54 Å². The molecule has 1 amide bonds. The fourth-order valence-electron chi connectivity index (χ4n) is 1.54. The Hall–Kier alpha value is -1.55. The zero-order chi connectivity index (χ0) is 12.8. The molecule has 0 bridgehead atoms. The van der Waals surface area contributed by atoms with Crippen molar-refractivity contribution in [1.29, 1.82) is 0 Å². The summed E-state index contributed by atoms with van der Waals surface area (Å²) in [4.78, 5) is 11.6. The Morgan fingerprint density at radius 2 is 2.06 bits per heavy atom. The monoisotopic (exact) mass is 236 g/mol. The van der Waals surface area contributed by atoms with E-state index in [0.29, 0.717) is 17.8 Å². The molecule has 0 aliphatic rings. The quantitative estimate of drug-likeness (QED) is 0.685. The predicted octanol–water partition coefficient (Wildman–Crippen LogP) is 1.95. The molecule has 0 saturated carbocycles. The second-order valence-corrected chi connectivity index (χ2v) is 4.13. The summed E-state index contributed by atoms with van der Waals surface area (Å²) in [6, 6.07) is 3.60. The maximum Gasteiger partial charge on any atom is 0.238 e. The lowest BCUT2D eigenvalue weighted by Gasteiger charge is -2.11. The van der Waals surface area contributed by atoms with Crippen LogP contribution < -0.4 is 10.6 Å². The van der Waals surface area contributed by atoms with Crippen LogP contribution in [0.3, 0.4) is 0 Å². The summed E-state index contributed by atoms with van der Waals surface area (Å²) in [5.41, 5.74) is 2.18. The molecular weight excluding hydrogens is 216 g/mol. The number of phenolic OH excluding ortho intramolecular Hbond substituents is 1. The molecule has 1 aromatic carbocycles. The number of aromatic hydroxyl groups is 1. The molecule has 0 unspecified atom stereocenters. The average Bonchev–Trinajstić information content (AvgIpc) is 2.30. The Kier molecular flexibility index (Phi) is 4.97. The van der Waals surface area contributed by atoms with Crippen LogP contribution in [0.4, 0.5) is 5.69 Å². The largest absolute Gasteiger partial charge is 0.507 e. The molecule has 0 spiro atoms. The van der Waals surface area contributed by atoms with Crippen molar-refractivity contribution in [2.24, 2.45) is 0 Å². The average molecular weight is 236 g/mol. The topological polar surface area (TPSA) is 61.4 Å². The van der Waals surface area contributed by atoms with E-state index in [9.17, 15) is 9.90 Å². The highest BCUT2D eigenvalue weighted by molar-refractivity contribution is 5.93. The van der Waals surface area contributed by atoms with Crippen LogP contribution in [0.15, 0.2) is 12.1 Å². The molecule has 17 heavy (non-hydrogen) atoms. The number of rotatable bonds is 5. The van der Waals surface area contributed by atoms with Crippen LogP contribution in [0.1, 0.15) is 24.5 Å². The first-order valence-corrected chi connectivity index (χ1v) is 5.86. The first kappa shape index (κ1) is 13.5. The third-order valence-corrected chi connectivity index (χ3v) is 2.62. The van der Waals surface area contributed by atoms with Gasteiger partial charge in [-0.05, 0) is 38.4 Å². The number of hydrogen-bond donors (Lipinski definition) is 3. The van der Waals surface area contributed by atoms with Crippen molar-refractivity contribution < 1.29 is 9.90 Å². The lowest BCUT2D eigenvalue weighted by molar-refractivity contribution is -0.115. The fourth-order valence-corrected chi connectivity index (χ4v) is 1.54. The van der Waals surface area contributed by atoms with Gasteiger partial charge in [-0.1, -0.05) is 13.0 Å². The summed E-state index contributed by atoms with van der Waals surface area (Å²) in [5, 5.41) is 15.5. The normalized spacial score (nSPS) is 10.3. The van der Waals surface area contributed by atoms with Crippen LogP contribution in [0.5, 0.6) is 5.75 Å². The Bertz CT molecular complexity index is 403. The number of hydrogen-bond acceptors (Lipinski definition) is 3. The molecule has 1 rings (SSSR count). The number of phenols is 1. The van der Waals surface area contributed by atoms with Gasteiger partial charge in [0.2, 0.25) is 5.91 Å². The molecule has 4 nitrogen and oxygen atoms in total. The van der Waals surface area contributed by atoms with Gasteiger partial charge in [-0.15, -0.1) is 0 Å². The number of aryl methyl sites for hydroxylation is 1. The van der Waals surface area contributed by atoms with E-state index in [0.717, 1.165) is 18.5 Å². The SMILES string of the molecule is CCCNCC(=O)Nc1ccc(C)c(O)c1C. The van der Waals surface area contributed by atoms with E-state index in [2.05, 4.69) is 10.6 Å². The summed E-state index contributed by atoms with van der Waals surface area (Å²) in [6.45, 7) is 6.79. The van der Waals surface area contributed by atoms with Crippen LogP contribution in [-0.4, -0.2) is 24.1 Å².